The van der Waals surface area contributed by atoms with Gasteiger partial charge in [-0.05, 0) is 40.2 Å². The molecule has 0 bridgehead atoms. The molecule has 0 heteroatoms. The van der Waals surface area contributed by atoms with E-state index in [-0.39, 0.29) is 0 Å². The van der Waals surface area contributed by atoms with Crippen LogP contribution in [0.5, 0.6) is 0 Å². The predicted molar refractivity (Wildman–Crippen MR) is 54.0 cm³/mol. The van der Waals surface area contributed by atoms with Gasteiger partial charge < -0.3 is 0 Å². The molecule has 0 saturated heterocycles. The maximum atomic E-state index is 2.31. The normalized spacial score (nSPS) is 27.7. The van der Waals surface area contributed by atoms with Crippen molar-refractivity contribution >= 4 is 10.8 Å². The van der Waals surface area contributed by atoms with Crippen LogP contribution in [0.4, 0.5) is 0 Å². The number of hydrogen-bond donors (Lipinski definition) is 0. The van der Waals surface area contributed by atoms with E-state index in [9.17, 15) is 0 Å². The third-order valence-corrected chi connectivity index (χ3v) is 3.56. The molecule has 0 heterocycles. The summed E-state index contributed by atoms with van der Waals surface area (Å²) in [5.41, 5.74) is 3.22. The second-order valence-electron chi connectivity index (χ2n) is 4.24. The smallest absolute Gasteiger partial charge is 0.00804 e. The largest absolute Gasteiger partial charge is 0.0613 e. The van der Waals surface area contributed by atoms with Gasteiger partial charge in [-0.1, -0.05) is 36.4 Å². The average molecular weight is 166 g/mol. The molecule has 2 aromatic rings. The first kappa shape index (κ1) is 6.20. The molecule has 2 atom stereocenters. The van der Waals surface area contributed by atoms with Gasteiger partial charge in [0.25, 0.3) is 0 Å². The maximum absolute atomic E-state index is 2.31. The molecule has 13 heavy (non-hydrogen) atoms. The Morgan fingerprint density at radius 1 is 0.846 bits per heavy atom. The van der Waals surface area contributed by atoms with Gasteiger partial charge in [0, 0.05) is 0 Å². The SMILES string of the molecule is c1cc2c3c(cccc3c1)[C@@H]1C[C@H]21. The molecule has 2 aliphatic rings. The summed E-state index contributed by atoms with van der Waals surface area (Å²) >= 11 is 0. The van der Waals surface area contributed by atoms with Crippen LogP contribution < -0.4 is 0 Å². The molecule has 0 aliphatic heterocycles. The van der Waals surface area contributed by atoms with Gasteiger partial charge >= 0.3 is 0 Å². The van der Waals surface area contributed by atoms with Crippen molar-refractivity contribution in [1.82, 2.24) is 0 Å². The van der Waals surface area contributed by atoms with E-state index in [4.69, 9.17) is 0 Å². The van der Waals surface area contributed by atoms with E-state index in [0.717, 1.165) is 11.8 Å². The molecule has 0 spiro atoms. The molecular weight excluding hydrogens is 156 g/mol. The Hall–Kier alpha value is -1.30. The standard InChI is InChI=1S/C13H10/c1-3-8-4-2-6-10-12-7-11(12)9(5-1)13(8)10/h1-6,11-12H,7H2/t11-,12+. The minimum absolute atomic E-state index is 0.876. The lowest BCUT2D eigenvalue weighted by atomic mass is 10.0. The number of fused-ring (bicyclic) bond motifs is 3. The zero-order valence-electron chi connectivity index (χ0n) is 7.33. The van der Waals surface area contributed by atoms with Crippen molar-refractivity contribution in [2.45, 2.75) is 18.3 Å². The first-order valence-corrected chi connectivity index (χ1v) is 4.97. The minimum atomic E-state index is 0.876. The first-order chi connectivity index (χ1) is 6.45. The molecule has 2 aromatic carbocycles. The van der Waals surface area contributed by atoms with E-state index < -0.39 is 0 Å². The fraction of sp³-hybridized carbons (Fsp3) is 0.231. The zero-order chi connectivity index (χ0) is 8.41. The summed E-state index contributed by atoms with van der Waals surface area (Å²) in [7, 11) is 0. The molecule has 0 amide bonds. The van der Waals surface area contributed by atoms with Crippen molar-refractivity contribution in [2.75, 3.05) is 0 Å². The van der Waals surface area contributed by atoms with E-state index in [2.05, 4.69) is 36.4 Å². The lowest BCUT2D eigenvalue weighted by Gasteiger charge is -2.03. The van der Waals surface area contributed by atoms with Crippen molar-refractivity contribution in [2.24, 2.45) is 0 Å². The fourth-order valence-electron chi connectivity index (χ4n) is 2.90. The van der Waals surface area contributed by atoms with Crippen LogP contribution in [-0.4, -0.2) is 0 Å². The monoisotopic (exact) mass is 166 g/mol. The van der Waals surface area contributed by atoms with E-state index in [1.54, 1.807) is 16.5 Å². The third-order valence-electron chi connectivity index (χ3n) is 3.56. The molecule has 0 radical (unpaired) electrons. The average Bonchev–Trinajstić information content (AvgIpc) is 2.90. The molecular formula is C13H10. The molecule has 0 aromatic heterocycles. The van der Waals surface area contributed by atoms with Crippen LogP contribution in [-0.2, 0) is 0 Å². The second-order valence-corrected chi connectivity index (χ2v) is 4.24. The molecule has 62 valence electrons. The Kier molecular flexibility index (Phi) is 0.855. The predicted octanol–water partition coefficient (Wildman–Crippen LogP) is 3.42. The minimum Gasteiger partial charge on any atom is -0.0613 e. The van der Waals surface area contributed by atoms with Gasteiger partial charge in [-0.3, -0.25) is 0 Å². The van der Waals surface area contributed by atoms with Crippen LogP contribution in [0, 0.1) is 0 Å². The summed E-state index contributed by atoms with van der Waals surface area (Å²) in [6.07, 6.45) is 1.40. The topological polar surface area (TPSA) is 0 Å². The number of hydrogen-bond acceptors (Lipinski definition) is 0. The Bertz CT molecular complexity index is 468. The maximum Gasteiger partial charge on any atom is -0.00804 e. The van der Waals surface area contributed by atoms with E-state index >= 15 is 0 Å². The lowest BCUT2D eigenvalue weighted by molar-refractivity contribution is 1.10. The molecule has 4 rings (SSSR count). The molecule has 0 N–H and O–H groups in total. The molecule has 1 fully saturated rings. The van der Waals surface area contributed by atoms with Gasteiger partial charge in [0.2, 0.25) is 0 Å². The van der Waals surface area contributed by atoms with Crippen molar-refractivity contribution in [3.05, 3.63) is 47.5 Å². The Labute approximate surface area is 77.2 Å². The van der Waals surface area contributed by atoms with Gasteiger partial charge in [-0.25, -0.2) is 0 Å². The molecule has 1 saturated carbocycles. The fourth-order valence-corrected chi connectivity index (χ4v) is 2.90. The number of rotatable bonds is 0. The highest BCUT2D eigenvalue weighted by Gasteiger charge is 2.46. The summed E-state index contributed by atoms with van der Waals surface area (Å²) in [5.74, 6) is 1.75. The first-order valence-electron chi connectivity index (χ1n) is 4.97. The van der Waals surface area contributed by atoms with Crippen molar-refractivity contribution in [3.63, 3.8) is 0 Å². The van der Waals surface area contributed by atoms with Crippen molar-refractivity contribution in [1.29, 1.82) is 0 Å². The van der Waals surface area contributed by atoms with Crippen LogP contribution in [0.15, 0.2) is 36.4 Å². The van der Waals surface area contributed by atoms with Crippen LogP contribution in [0.1, 0.15) is 29.4 Å². The zero-order valence-corrected chi connectivity index (χ0v) is 7.33. The van der Waals surface area contributed by atoms with Crippen LogP contribution in [0.3, 0.4) is 0 Å². The van der Waals surface area contributed by atoms with Crippen LogP contribution in [0.2, 0.25) is 0 Å². The van der Waals surface area contributed by atoms with Gasteiger partial charge in [-0.2, -0.15) is 0 Å². The Balaban J connectivity index is 2.29. The summed E-state index contributed by atoms with van der Waals surface area (Å²) in [6, 6.07) is 13.5. The van der Waals surface area contributed by atoms with Gasteiger partial charge in [0.1, 0.15) is 0 Å². The molecule has 0 nitrogen and oxygen atoms in total. The highest BCUT2D eigenvalue weighted by Crippen LogP contribution is 2.62. The van der Waals surface area contributed by atoms with Gasteiger partial charge in [-0.15, -0.1) is 0 Å². The summed E-state index contributed by atoms with van der Waals surface area (Å²) < 4.78 is 0. The Morgan fingerprint density at radius 2 is 1.46 bits per heavy atom. The van der Waals surface area contributed by atoms with Gasteiger partial charge in [0.05, 0.1) is 0 Å². The van der Waals surface area contributed by atoms with Crippen molar-refractivity contribution < 1.29 is 0 Å². The van der Waals surface area contributed by atoms with Gasteiger partial charge in [0.15, 0.2) is 0 Å². The lowest BCUT2D eigenvalue weighted by Crippen LogP contribution is -1.81. The van der Waals surface area contributed by atoms with Crippen molar-refractivity contribution in [3.8, 4) is 0 Å². The van der Waals surface area contributed by atoms with E-state index in [1.807, 2.05) is 0 Å². The van der Waals surface area contributed by atoms with Crippen LogP contribution >= 0.6 is 0 Å². The Morgan fingerprint density at radius 3 is 2.08 bits per heavy atom. The summed E-state index contributed by atoms with van der Waals surface area (Å²) in [6.45, 7) is 0. The number of benzene rings is 2. The molecule has 2 aliphatic carbocycles. The van der Waals surface area contributed by atoms with E-state index in [0.29, 0.717) is 0 Å². The van der Waals surface area contributed by atoms with E-state index in [1.165, 1.54) is 11.8 Å². The molecule has 0 unspecified atom stereocenters. The third kappa shape index (κ3) is 0.601. The summed E-state index contributed by atoms with van der Waals surface area (Å²) in [5, 5.41) is 2.99. The highest BCUT2D eigenvalue weighted by molar-refractivity contribution is 5.93. The quantitative estimate of drug-likeness (QED) is 0.562. The van der Waals surface area contributed by atoms with Crippen LogP contribution in [0.25, 0.3) is 10.8 Å². The summed E-state index contributed by atoms with van der Waals surface area (Å²) in [4.78, 5) is 0. The highest BCUT2D eigenvalue weighted by atomic mass is 14.5. The second kappa shape index (κ2) is 1.79.